The molecule has 1 atom stereocenters. The Hall–Kier alpha value is -1.26. The zero-order valence-corrected chi connectivity index (χ0v) is 15.1. The van der Waals surface area contributed by atoms with E-state index in [2.05, 4.69) is 26.0 Å². The fourth-order valence-corrected chi connectivity index (χ4v) is 2.78. The van der Waals surface area contributed by atoms with Crippen LogP contribution in [0.4, 0.5) is 0 Å². The Bertz CT molecular complexity index is 449. The van der Waals surface area contributed by atoms with Crippen LogP contribution in [0.15, 0.2) is 12.1 Å². The summed E-state index contributed by atoms with van der Waals surface area (Å²) in [5.74, 6) is 2.43. The van der Waals surface area contributed by atoms with Gasteiger partial charge in [-0.3, -0.25) is 0 Å². The van der Waals surface area contributed by atoms with Crippen molar-refractivity contribution < 1.29 is 9.47 Å². The first-order chi connectivity index (χ1) is 11.2. The molecule has 0 fully saturated rings. The molecule has 0 bridgehead atoms. The third kappa shape index (κ3) is 6.40. The van der Waals surface area contributed by atoms with Crippen LogP contribution in [0.3, 0.4) is 0 Å². The Morgan fingerprint density at radius 2 is 1.61 bits per heavy atom. The van der Waals surface area contributed by atoms with Gasteiger partial charge in [-0.1, -0.05) is 33.1 Å². The van der Waals surface area contributed by atoms with Gasteiger partial charge in [0.25, 0.3) is 0 Å². The lowest BCUT2D eigenvalue weighted by Crippen LogP contribution is -2.14. The van der Waals surface area contributed by atoms with Crippen molar-refractivity contribution in [2.75, 3.05) is 26.8 Å². The molecule has 0 saturated carbocycles. The quantitative estimate of drug-likeness (QED) is 0.619. The smallest absolute Gasteiger partial charge is 0.123 e. The highest BCUT2D eigenvalue weighted by Gasteiger charge is 2.13. The maximum Gasteiger partial charge on any atom is 0.123 e. The van der Waals surface area contributed by atoms with Gasteiger partial charge in [-0.05, 0) is 61.5 Å². The SMILES string of the molecule is CCCCC(CC)COc1cc(CCN)c(OC)cc1CCN. The average molecular weight is 322 g/mol. The molecule has 23 heavy (non-hydrogen) atoms. The van der Waals surface area contributed by atoms with Gasteiger partial charge in [0.15, 0.2) is 0 Å². The second kappa shape index (κ2) is 11.3. The van der Waals surface area contributed by atoms with Crippen LogP contribution < -0.4 is 20.9 Å². The maximum atomic E-state index is 6.17. The Labute approximate surface area is 141 Å². The van der Waals surface area contributed by atoms with Gasteiger partial charge in [0, 0.05) is 0 Å². The van der Waals surface area contributed by atoms with Gasteiger partial charge in [-0.15, -0.1) is 0 Å². The van der Waals surface area contributed by atoms with E-state index in [1.807, 2.05) is 0 Å². The molecule has 1 unspecified atom stereocenters. The molecule has 4 heteroatoms. The Balaban J connectivity index is 2.90. The highest BCUT2D eigenvalue weighted by Crippen LogP contribution is 2.30. The van der Waals surface area contributed by atoms with Crippen molar-refractivity contribution in [1.29, 1.82) is 0 Å². The van der Waals surface area contributed by atoms with Gasteiger partial charge in [0.2, 0.25) is 0 Å². The first kappa shape index (κ1) is 19.8. The summed E-state index contributed by atoms with van der Waals surface area (Å²) >= 11 is 0. The van der Waals surface area contributed by atoms with Crippen LogP contribution in [0, 0.1) is 5.92 Å². The van der Waals surface area contributed by atoms with Crippen molar-refractivity contribution in [3.05, 3.63) is 23.3 Å². The fraction of sp³-hybridized carbons (Fsp3) is 0.684. The lowest BCUT2D eigenvalue weighted by molar-refractivity contribution is 0.231. The Kier molecular flexibility index (Phi) is 9.72. The summed E-state index contributed by atoms with van der Waals surface area (Å²) in [5.41, 5.74) is 13.7. The number of benzene rings is 1. The molecule has 0 spiro atoms. The van der Waals surface area contributed by atoms with Crippen molar-refractivity contribution in [3.63, 3.8) is 0 Å². The molecular weight excluding hydrogens is 288 g/mol. The van der Waals surface area contributed by atoms with Gasteiger partial charge in [-0.25, -0.2) is 0 Å². The molecule has 4 N–H and O–H groups in total. The first-order valence-corrected chi connectivity index (χ1v) is 8.92. The number of hydrogen-bond acceptors (Lipinski definition) is 4. The fourth-order valence-electron chi connectivity index (χ4n) is 2.78. The van der Waals surface area contributed by atoms with Crippen molar-refractivity contribution >= 4 is 0 Å². The summed E-state index contributed by atoms with van der Waals surface area (Å²) in [4.78, 5) is 0. The number of unbranched alkanes of at least 4 members (excludes halogenated alkanes) is 1. The third-order valence-corrected chi connectivity index (χ3v) is 4.31. The Morgan fingerprint density at radius 3 is 2.13 bits per heavy atom. The standard InChI is InChI=1S/C19H34N2O2/c1-4-6-7-15(5-2)14-23-19-13-16(8-10-20)18(22-3)12-17(19)9-11-21/h12-13,15H,4-11,14,20-21H2,1-3H3. The number of hydrogen-bond donors (Lipinski definition) is 2. The summed E-state index contributed by atoms with van der Waals surface area (Å²) in [7, 11) is 1.69. The molecule has 0 saturated heterocycles. The van der Waals surface area contributed by atoms with Crippen LogP contribution >= 0.6 is 0 Å². The molecule has 0 aliphatic rings. The van der Waals surface area contributed by atoms with Crippen molar-refractivity contribution in [1.82, 2.24) is 0 Å². The van der Waals surface area contributed by atoms with E-state index in [0.29, 0.717) is 19.0 Å². The number of methoxy groups -OCH3 is 1. The molecule has 1 aromatic carbocycles. The molecule has 132 valence electrons. The second-order valence-corrected chi connectivity index (χ2v) is 6.08. The largest absolute Gasteiger partial charge is 0.496 e. The van der Waals surface area contributed by atoms with E-state index in [1.54, 1.807) is 7.11 Å². The zero-order valence-electron chi connectivity index (χ0n) is 15.1. The second-order valence-electron chi connectivity index (χ2n) is 6.08. The van der Waals surface area contributed by atoms with Crippen LogP contribution in [0.1, 0.15) is 50.7 Å². The molecule has 0 aliphatic heterocycles. The van der Waals surface area contributed by atoms with Crippen LogP contribution in [-0.2, 0) is 12.8 Å². The minimum absolute atomic E-state index is 0.597. The lowest BCUT2D eigenvalue weighted by atomic mass is 10.00. The van der Waals surface area contributed by atoms with E-state index in [9.17, 15) is 0 Å². The average Bonchev–Trinajstić information content (AvgIpc) is 2.57. The molecule has 0 aliphatic carbocycles. The van der Waals surface area contributed by atoms with Gasteiger partial charge < -0.3 is 20.9 Å². The highest BCUT2D eigenvalue weighted by atomic mass is 16.5. The lowest BCUT2D eigenvalue weighted by Gasteiger charge is -2.19. The normalized spacial score (nSPS) is 12.2. The number of ether oxygens (including phenoxy) is 2. The van der Waals surface area contributed by atoms with Gasteiger partial charge >= 0.3 is 0 Å². The van der Waals surface area contributed by atoms with Crippen molar-refractivity contribution in [2.45, 2.75) is 52.4 Å². The summed E-state index contributed by atoms with van der Waals surface area (Å²) in [6.07, 6.45) is 6.45. The minimum Gasteiger partial charge on any atom is -0.496 e. The summed E-state index contributed by atoms with van der Waals surface area (Å²) in [6.45, 7) is 6.43. The maximum absolute atomic E-state index is 6.17. The van der Waals surface area contributed by atoms with Gasteiger partial charge in [-0.2, -0.15) is 0 Å². The number of rotatable bonds is 12. The summed E-state index contributed by atoms with van der Waals surface area (Å²) in [5, 5.41) is 0. The topological polar surface area (TPSA) is 70.5 Å². The van der Waals surface area contributed by atoms with Crippen molar-refractivity contribution in [2.24, 2.45) is 17.4 Å². The van der Waals surface area contributed by atoms with Crippen LogP contribution in [-0.4, -0.2) is 26.8 Å². The van der Waals surface area contributed by atoms with Gasteiger partial charge in [0.1, 0.15) is 11.5 Å². The molecular formula is C19H34N2O2. The molecule has 0 aromatic heterocycles. The number of nitrogens with two attached hydrogens (primary N) is 2. The zero-order chi connectivity index (χ0) is 17.1. The van der Waals surface area contributed by atoms with Crippen LogP contribution in [0.5, 0.6) is 11.5 Å². The van der Waals surface area contributed by atoms with E-state index in [4.69, 9.17) is 20.9 Å². The van der Waals surface area contributed by atoms with E-state index in [0.717, 1.165) is 48.5 Å². The molecule has 1 aromatic rings. The highest BCUT2D eigenvalue weighted by molar-refractivity contribution is 5.47. The van der Waals surface area contributed by atoms with E-state index in [-0.39, 0.29) is 0 Å². The predicted octanol–water partition coefficient (Wildman–Crippen LogP) is 3.29. The molecule has 0 amide bonds. The van der Waals surface area contributed by atoms with Crippen LogP contribution in [0.25, 0.3) is 0 Å². The third-order valence-electron chi connectivity index (χ3n) is 4.31. The van der Waals surface area contributed by atoms with E-state index in [1.165, 1.54) is 19.3 Å². The summed E-state index contributed by atoms with van der Waals surface area (Å²) in [6, 6.07) is 4.14. The molecule has 1 rings (SSSR count). The first-order valence-electron chi connectivity index (χ1n) is 8.92. The predicted molar refractivity (Wildman–Crippen MR) is 97.3 cm³/mol. The Morgan fingerprint density at radius 1 is 1.00 bits per heavy atom. The van der Waals surface area contributed by atoms with Gasteiger partial charge in [0.05, 0.1) is 13.7 Å². The molecule has 4 nitrogen and oxygen atoms in total. The summed E-state index contributed by atoms with van der Waals surface area (Å²) < 4.78 is 11.7. The molecule has 0 radical (unpaired) electrons. The van der Waals surface area contributed by atoms with E-state index < -0.39 is 0 Å². The molecule has 0 heterocycles. The minimum atomic E-state index is 0.597. The van der Waals surface area contributed by atoms with Crippen LogP contribution in [0.2, 0.25) is 0 Å². The monoisotopic (exact) mass is 322 g/mol. The van der Waals surface area contributed by atoms with E-state index >= 15 is 0 Å². The van der Waals surface area contributed by atoms with Crippen molar-refractivity contribution in [3.8, 4) is 11.5 Å².